The molecule has 0 saturated carbocycles. The molecule has 0 aromatic heterocycles. The number of aliphatic carboxylic acids is 1. The van der Waals surface area contributed by atoms with Gasteiger partial charge in [0, 0.05) is 18.7 Å². The predicted molar refractivity (Wildman–Crippen MR) is 107 cm³/mol. The first kappa shape index (κ1) is 21.2. The molecule has 0 amide bonds. The van der Waals surface area contributed by atoms with E-state index >= 15 is 0 Å². The quantitative estimate of drug-likeness (QED) is 0.638. The summed E-state index contributed by atoms with van der Waals surface area (Å²) in [5.74, 6) is -0.419. The van der Waals surface area contributed by atoms with Crippen LogP contribution in [-0.4, -0.2) is 17.6 Å². The van der Waals surface area contributed by atoms with Crippen LogP contribution in [0.4, 0.5) is 18.9 Å². The van der Waals surface area contributed by atoms with Gasteiger partial charge in [0.15, 0.2) is 0 Å². The van der Waals surface area contributed by atoms with E-state index in [4.69, 9.17) is 0 Å². The maximum absolute atomic E-state index is 12.9. The van der Waals surface area contributed by atoms with Crippen LogP contribution in [0.3, 0.4) is 0 Å². The molecule has 3 nitrogen and oxygen atoms in total. The van der Waals surface area contributed by atoms with Crippen molar-refractivity contribution < 1.29 is 23.1 Å². The average Bonchev–Trinajstić information content (AvgIpc) is 2.67. The number of benzene rings is 2. The van der Waals surface area contributed by atoms with Gasteiger partial charge in [-0.25, -0.2) is 0 Å². The SMILES string of the molecule is CC(C)c1ccc(N2CCC(CC(=O)O)CC2c2ccc(C(F)(F)F)cc2)cc1. The van der Waals surface area contributed by atoms with E-state index in [1.807, 2.05) is 12.1 Å². The molecule has 0 aliphatic carbocycles. The molecule has 29 heavy (non-hydrogen) atoms. The lowest BCUT2D eigenvalue weighted by Gasteiger charge is -2.41. The van der Waals surface area contributed by atoms with Crippen molar-refractivity contribution >= 4 is 11.7 Å². The Morgan fingerprint density at radius 3 is 2.24 bits per heavy atom. The van der Waals surface area contributed by atoms with Gasteiger partial charge in [-0.3, -0.25) is 4.79 Å². The summed E-state index contributed by atoms with van der Waals surface area (Å²) in [6, 6.07) is 13.3. The molecule has 2 aromatic rings. The van der Waals surface area contributed by atoms with Crippen LogP contribution >= 0.6 is 0 Å². The van der Waals surface area contributed by atoms with Crippen molar-refractivity contribution in [3.8, 4) is 0 Å². The molecule has 3 rings (SSSR count). The number of hydrogen-bond acceptors (Lipinski definition) is 2. The highest BCUT2D eigenvalue weighted by molar-refractivity contribution is 5.67. The summed E-state index contributed by atoms with van der Waals surface area (Å²) >= 11 is 0. The molecule has 1 N–H and O–H groups in total. The van der Waals surface area contributed by atoms with Gasteiger partial charge in [-0.1, -0.05) is 38.1 Å². The molecule has 0 radical (unpaired) electrons. The van der Waals surface area contributed by atoms with E-state index in [1.54, 1.807) is 0 Å². The number of carboxylic acids is 1. The number of rotatable bonds is 5. The first-order valence-corrected chi connectivity index (χ1v) is 9.90. The number of carboxylic acid groups (broad SMARTS) is 1. The molecule has 6 heteroatoms. The number of alkyl halides is 3. The summed E-state index contributed by atoms with van der Waals surface area (Å²) in [5, 5.41) is 9.18. The summed E-state index contributed by atoms with van der Waals surface area (Å²) in [5.41, 5.74) is 2.33. The Labute approximate surface area is 169 Å². The minimum Gasteiger partial charge on any atom is -0.481 e. The smallest absolute Gasteiger partial charge is 0.416 e. The van der Waals surface area contributed by atoms with Crippen LogP contribution in [0.25, 0.3) is 0 Å². The van der Waals surface area contributed by atoms with Crippen LogP contribution in [0.1, 0.15) is 61.8 Å². The summed E-state index contributed by atoms with van der Waals surface area (Å²) in [4.78, 5) is 13.4. The summed E-state index contributed by atoms with van der Waals surface area (Å²) < 4.78 is 38.8. The standard InChI is InChI=1S/C23H26F3NO2/c1-15(2)17-5-9-20(10-6-17)27-12-11-16(14-22(28)29)13-21(27)18-3-7-19(8-4-18)23(24,25)26/h3-10,15-16,21H,11-14H2,1-2H3,(H,28,29). The Bertz CT molecular complexity index is 829. The molecular weight excluding hydrogens is 379 g/mol. The first-order chi connectivity index (χ1) is 13.6. The number of nitrogens with zero attached hydrogens (tertiary/aromatic N) is 1. The van der Waals surface area contributed by atoms with Gasteiger partial charge in [0.25, 0.3) is 0 Å². The fraction of sp³-hybridized carbons (Fsp3) is 0.435. The van der Waals surface area contributed by atoms with Gasteiger partial charge in [-0.15, -0.1) is 0 Å². The van der Waals surface area contributed by atoms with Crippen molar-refractivity contribution in [2.45, 2.75) is 51.2 Å². The van der Waals surface area contributed by atoms with Crippen LogP contribution in [-0.2, 0) is 11.0 Å². The molecule has 0 spiro atoms. The fourth-order valence-corrected chi connectivity index (χ4v) is 4.04. The molecule has 2 unspecified atom stereocenters. The number of carbonyl (C=O) groups is 1. The highest BCUT2D eigenvalue weighted by atomic mass is 19.4. The third-order valence-electron chi connectivity index (χ3n) is 5.69. The average molecular weight is 405 g/mol. The van der Waals surface area contributed by atoms with Crippen molar-refractivity contribution in [2.75, 3.05) is 11.4 Å². The second-order valence-electron chi connectivity index (χ2n) is 8.06. The van der Waals surface area contributed by atoms with E-state index in [1.165, 1.54) is 17.7 Å². The van der Waals surface area contributed by atoms with Crippen molar-refractivity contribution in [3.05, 3.63) is 65.2 Å². The lowest BCUT2D eigenvalue weighted by molar-refractivity contribution is -0.139. The Hall–Kier alpha value is -2.50. The summed E-state index contributed by atoms with van der Waals surface area (Å²) in [6.45, 7) is 4.92. The molecule has 156 valence electrons. The van der Waals surface area contributed by atoms with Crippen LogP contribution in [0, 0.1) is 5.92 Å². The van der Waals surface area contributed by atoms with Gasteiger partial charge in [0.2, 0.25) is 0 Å². The molecule has 1 aliphatic heterocycles. The largest absolute Gasteiger partial charge is 0.481 e. The molecule has 2 atom stereocenters. The first-order valence-electron chi connectivity index (χ1n) is 9.90. The maximum Gasteiger partial charge on any atom is 0.416 e. The molecule has 0 bridgehead atoms. The van der Waals surface area contributed by atoms with Gasteiger partial charge in [0.05, 0.1) is 11.6 Å². The van der Waals surface area contributed by atoms with E-state index in [0.29, 0.717) is 18.9 Å². The van der Waals surface area contributed by atoms with Crippen molar-refractivity contribution in [1.82, 2.24) is 0 Å². The van der Waals surface area contributed by atoms with E-state index in [0.717, 1.165) is 29.8 Å². The number of piperidine rings is 1. The summed E-state index contributed by atoms with van der Waals surface area (Å²) in [7, 11) is 0. The minimum atomic E-state index is -4.37. The van der Waals surface area contributed by atoms with Gasteiger partial charge < -0.3 is 10.0 Å². The van der Waals surface area contributed by atoms with Crippen LogP contribution < -0.4 is 4.90 Å². The predicted octanol–water partition coefficient (Wildman–Crippen LogP) is 6.26. The normalized spacial score (nSPS) is 20.1. The molecule has 1 aliphatic rings. The van der Waals surface area contributed by atoms with Crippen molar-refractivity contribution in [3.63, 3.8) is 0 Å². The van der Waals surface area contributed by atoms with Gasteiger partial charge in [0.1, 0.15) is 0 Å². The topological polar surface area (TPSA) is 40.5 Å². The minimum absolute atomic E-state index is 0.00554. The molecule has 2 aromatic carbocycles. The number of halogens is 3. The van der Waals surface area contributed by atoms with Crippen LogP contribution in [0.15, 0.2) is 48.5 Å². The summed E-state index contributed by atoms with van der Waals surface area (Å²) in [6.07, 6.45) is -2.94. The second kappa shape index (κ2) is 8.47. The highest BCUT2D eigenvalue weighted by Gasteiger charge is 2.33. The lowest BCUT2D eigenvalue weighted by Crippen LogP contribution is -2.37. The zero-order chi connectivity index (χ0) is 21.2. The van der Waals surface area contributed by atoms with Crippen LogP contribution in [0.5, 0.6) is 0 Å². The molecule has 1 saturated heterocycles. The third-order valence-corrected chi connectivity index (χ3v) is 5.69. The van der Waals surface area contributed by atoms with E-state index in [9.17, 15) is 23.1 Å². The van der Waals surface area contributed by atoms with E-state index < -0.39 is 17.7 Å². The van der Waals surface area contributed by atoms with Crippen molar-refractivity contribution in [2.24, 2.45) is 5.92 Å². The van der Waals surface area contributed by atoms with Gasteiger partial charge >= 0.3 is 12.1 Å². The van der Waals surface area contributed by atoms with E-state index in [2.05, 4.69) is 30.9 Å². The monoisotopic (exact) mass is 405 g/mol. The van der Waals surface area contributed by atoms with Crippen molar-refractivity contribution in [1.29, 1.82) is 0 Å². The second-order valence-corrected chi connectivity index (χ2v) is 8.06. The molecular formula is C23H26F3NO2. The van der Waals surface area contributed by atoms with Gasteiger partial charge in [-0.05, 0) is 60.1 Å². The van der Waals surface area contributed by atoms with E-state index in [-0.39, 0.29) is 18.4 Å². The Balaban J connectivity index is 1.90. The number of hydrogen-bond donors (Lipinski definition) is 1. The zero-order valence-corrected chi connectivity index (χ0v) is 16.6. The Kier molecular flexibility index (Phi) is 6.20. The lowest BCUT2D eigenvalue weighted by atomic mass is 9.84. The highest BCUT2D eigenvalue weighted by Crippen LogP contribution is 2.40. The maximum atomic E-state index is 12.9. The fourth-order valence-electron chi connectivity index (χ4n) is 4.04. The van der Waals surface area contributed by atoms with Gasteiger partial charge in [-0.2, -0.15) is 13.2 Å². The Morgan fingerprint density at radius 1 is 1.10 bits per heavy atom. The third kappa shape index (κ3) is 5.11. The zero-order valence-electron chi connectivity index (χ0n) is 16.6. The number of anilines is 1. The molecule has 1 heterocycles. The Morgan fingerprint density at radius 2 is 1.72 bits per heavy atom. The van der Waals surface area contributed by atoms with Crippen LogP contribution in [0.2, 0.25) is 0 Å². The molecule has 1 fully saturated rings.